The SMILES string of the molecule is O=C(O)C(F)(F)F.O=C(O)C(F)(F)F.c1cnc(N2CCC3OCCCC3(COCc3cccnc3)C2)nc1. The van der Waals surface area contributed by atoms with Crippen LogP contribution in [0.15, 0.2) is 43.0 Å². The lowest BCUT2D eigenvalue weighted by Crippen LogP contribution is -2.57. The van der Waals surface area contributed by atoms with Gasteiger partial charge in [0, 0.05) is 49.9 Å². The van der Waals surface area contributed by atoms with E-state index in [0.29, 0.717) is 13.2 Å². The van der Waals surface area contributed by atoms with Gasteiger partial charge in [-0.15, -0.1) is 0 Å². The van der Waals surface area contributed by atoms with E-state index in [1.54, 1.807) is 18.6 Å². The second-order valence-electron chi connectivity index (χ2n) is 8.54. The van der Waals surface area contributed by atoms with Crippen LogP contribution in [0.2, 0.25) is 0 Å². The van der Waals surface area contributed by atoms with Gasteiger partial charge in [-0.25, -0.2) is 19.6 Å². The van der Waals surface area contributed by atoms with Gasteiger partial charge in [0.05, 0.1) is 19.3 Å². The number of pyridine rings is 1. The molecule has 39 heavy (non-hydrogen) atoms. The lowest BCUT2D eigenvalue weighted by molar-refractivity contribution is -0.193. The quantitative estimate of drug-likeness (QED) is 0.514. The van der Waals surface area contributed by atoms with Crippen molar-refractivity contribution in [3.05, 3.63) is 48.5 Å². The Morgan fingerprint density at radius 3 is 2.21 bits per heavy atom. The number of halogens is 6. The second kappa shape index (κ2) is 14.0. The standard InChI is InChI=1S/C19H24N4O2.2C2HF3O2/c1-4-16(12-20-7-1)13-24-15-19-6-2-11-25-17(19)5-10-23(14-19)18-21-8-3-9-22-18;2*3-2(4,5)1(6)7/h1,3-4,7-9,12,17H,2,5-6,10-11,13-15H2;2*(H,6,7). The van der Waals surface area contributed by atoms with E-state index in [0.717, 1.165) is 50.5 Å². The third kappa shape index (κ3) is 10.3. The highest BCUT2D eigenvalue weighted by Crippen LogP contribution is 2.41. The molecular weight excluding hydrogens is 542 g/mol. The van der Waals surface area contributed by atoms with Gasteiger partial charge in [-0.05, 0) is 37.0 Å². The zero-order valence-electron chi connectivity index (χ0n) is 20.4. The van der Waals surface area contributed by atoms with Gasteiger partial charge in [-0.1, -0.05) is 6.07 Å². The summed E-state index contributed by atoms with van der Waals surface area (Å²) in [6, 6.07) is 5.84. The number of aromatic nitrogens is 3. The largest absolute Gasteiger partial charge is 0.490 e. The number of anilines is 1. The normalized spacial score (nSPS) is 20.9. The maximum atomic E-state index is 10.6. The number of piperidine rings is 1. The van der Waals surface area contributed by atoms with E-state index >= 15 is 0 Å². The molecule has 4 rings (SSSR count). The molecule has 2 N–H and O–H groups in total. The zero-order chi connectivity index (χ0) is 29.1. The summed E-state index contributed by atoms with van der Waals surface area (Å²) in [5, 5.41) is 14.2. The van der Waals surface area contributed by atoms with Crippen LogP contribution in [0.4, 0.5) is 32.3 Å². The fourth-order valence-electron chi connectivity index (χ4n) is 3.98. The van der Waals surface area contributed by atoms with Crippen molar-refractivity contribution in [2.45, 2.75) is 44.3 Å². The molecule has 2 aliphatic heterocycles. The number of ether oxygens (including phenoxy) is 2. The highest BCUT2D eigenvalue weighted by molar-refractivity contribution is 5.73. The van der Waals surface area contributed by atoms with E-state index in [4.69, 9.17) is 29.3 Å². The molecule has 2 unspecified atom stereocenters. The van der Waals surface area contributed by atoms with Crippen LogP contribution in [-0.2, 0) is 25.7 Å². The van der Waals surface area contributed by atoms with E-state index in [2.05, 4.69) is 19.9 Å². The van der Waals surface area contributed by atoms with Gasteiger partial charge >= 0.3 is 24.3 Å². The van der Waals surface area contributed by atoms with Gasteiger partial charge in [-0.2, -0.15) is 26.3 Å². The molecule has 0 spiro atoms. The molecule has 0 amide bonds. The molecule has 0 aromatic carbocycles. The smallest absolute Gasteiger partial charge is 0.475 e. The van der Waals surface area contributed by atoms with Gasteiger partial charge in [0.1, 0.15) is 0 Å². The van der Waals surface area contributed by atoms with Crippen molar-refractivity contribution in [1.29, 1.82) is 0 Å². The molecule has 2 fully saturated rings. The molecule has 2 atom stereocenters. The van der Waals surface area contributed by atoms with Crippen molar-refractivity contribution in [3.63, 3.8) is 0 Å². The molecule has 0 saturated carbocycles. The molecule has 2 aromatic rings. The Kier molecular flexibility index (Phi) is 11.4. The summed E-state index contributed by atoms with van der Waals surface area (Å²) in [6.07, 6.45) is 0.534. The number of fused-ring (bicyclic) bond motifs is 1. The Labute approximate surface area is 218 Å². The minimum atomic E-state index is -5.08. The molecule has 2 aromatic heterocycles. The molecular formula is C23H26F6N4O6. The van der Waals surface area contributed by atoms with Crippen LogP contribution in [-0.4, -0.2) is 81.9 Å². The monoisotopic (exact) mass is 568 g/mol. The molecule has 4 heterocycles. The van der Waals surface area contributed by atoms with E-state index in [1.165, 1.54) is 0 Å². The summed E-state index contributed by atoms with van der Waals surface area (Å²) >= 11 is 0. The van der Waals surface area contributed by atoms with Crippen LogP contribution in [0.3, 0.4) is 0 Å². The van der Waals surface area contributed by atoms with Crippen LogP contribution < -0.4 is 4.90 Å². The van der Waals surface area contributed by atoms with Gasteiger partial charge in [0.25, 0.3) is 0 Å². The third-order valence-corrected chi connectivity index (χ3v) is 5.69. The van der Waals surface area contributed by atoms with Crippen molar-refractivity contribution in [2.24, 2.45) is 5.41 Å². The molecule has 0 bridgehead atoms. The highest BCUT2D eigenvalue weighted by Gasteiger charge is 2.46. The second-order valence-corrected chi connectivity index (χ2v) is 8.54. The Morgan fingerprint density at radius 2 is 1.67 bits per heavy atom. The first kappa shape index (κ1) is 31.7. The molecule has 216 valence electrons. The van der Waals surface area contributed by atoms with Crippen LogP contribution in [0.5, 0.6) is 0 Å². The molecule has 0 aliphatic carbocycles. The molecule has 2 aliphatic rings. The fraction of sp³-hybridized carbons (Fsp3) is 0.522. The van der Waals surface area contributed by atoms with Crippen LogP contribution >= 0.6 is 0 Å². The number of carboxylic acid groups (broad SMARTS) is 2. The number of aliphatic carboxylic acids is 2. The van der Waals surface area contributed by atoms with E-state index < -0.39 is 24.3 Å². The van der Waals surface area contributed by atoms with Crippen LogP contribution in [0.1, 0.15) is 24.8 Å². The molecule has 0 radical (unpaired) electrons. The Morgan fingerprint density at radius 1 is 1.05 bits per heavy atom. The van der Waals surface area contributed by atoms with Crippen molar-refractivity contribution in [1.82, 2.24) is 15.0 Å². The first-order chi connectivity index (χ1) is 18.2. The Balaban J connectivity index is 0.000000317. The van der Waals surface area contributed by atoms with Crippen molar-refractivity contribution in [3.8, 4) is 0 Å². The van der Waals surface area contributed by atoms with Crippen molar-refractivity contribution in [2.75, 3.05) is 31.2 Å². The van der Waals surface area contributed by atoms with Crippen LogP contribution in [0.25, 0.3) is 0 Å². The summed E-state index contributed by atoms with van der Waals surface area (Å²) in [6.45, 7) is 3.95. The van der Waals surface area contributed by atoms with Crippen LogP contribution in [0, 0.1) is 5.41 Å². The summed E-state index contributed by atoms with van der Waals surface area (Å²) in [5.41, 5.74) is 1.11. The third-order valence-electron chi connectivity index (χ3n) is 5.69. The van der Waals surface area contributed by atoms with Gasteiger partial charge in [0.2, 0.25) is 5.95 Å². The van der Waals surface area contributed by atoms with Gasteiger partial charge < -0.3 is 24.6 Å². The maximum absolute atomic E-state index is 10.6. The number of hydrogen-bond acceptors (Lipinski definition) is 8. The molecule has 16 heteroatoms. The van der Waals surface area contributed by atoms with Gasteiger partial charge in [0.15, 0.2) is 0 Å². The summed E-state index contributed by atoms with van der Waals surface area (Å²) in [4.78, 5) is 33.1. The lowest BCUT2D eigenvalue weighted by Gasteiger charge is -2.50. The number of carbonyl (C=O) groups is 2. The first-order valence-corrected chi connectivity index (χ1v) is 11.4. The van der Waals surface area contributed by atoms with Gasteiger partial charge in [-0.3, -0.25) is 4.98 Å². The Hall–Kier alpha value is -3.53. The average molecular weight is 568 g/mol. The lowest BCUT2D eigenvalue weighted by atomic mass is 9.73. The zero-order valence-corrected chi connectivity index (χ0v) is 20.4. The minimum Gasteiger partial charge on any atom is -0.475 e. The topological polar surface area (TPSA) is 135 Å². The predicted octanol–water partition coefficient (Wildman–Crippen LogP) is 3.73. The number of alkyl halides is 6. The number of rotatable bonds is 5. The van der Waals surface area contributed by atoms with E-state index in [9.17, 15) is 26.3 Å². The summed E-state index contributed by atoms with van der Waals surface area (Å²) < 4.78 is 75.7. The number of hydrogen-bond donors (Lipinski definition) is 2. The maximum Gasteiger partial charge on any atom is 0.490 e. The Bertz CT molecular complexity index is 1020. The van der Waals surface area contributed by atoms with E-state index in [1.807, 2.05) is 24.4 Å². The summed E-state index contributed by atoms with van der Waals surface area (Å²) in [7, 11) is 0. The van der Waals surface area contributed by atoms with Crippen molar-refractivity contribution < 1.29 is 55.6 Å². The van der Waals surface area contributed by atoms with E-state index in [-0.39, 0.29) is 11.5 Å². The highest BCUT2D eigenvalue weighted by atomic mass is 19.4. The minimum absolute atomic E-state index is 0.0118. The number of nitrogens with zero attached hydrogens (tertiary/aromatic N) is 4. The number of carboxylic acids is 2. The summed E-state index contributed by atoms with van der Waals surface area (Å²) in [5.74, 6) is -4.71. The molecule has 2 saturated heterocycles. The predicted molar refractivity (Wildman–Crippen MR) is 122 cm³/mol. The fourth-order valence-corrected chi connectivity index (χ4v) is 3.98. The first-order valence-electron chi connectivity index (χ1n) is 11.4. The molecule has 10 nitrogen and oxygen atoms in total. The average Bonchev–Trinajstić information content (AvgIpc) is 2.89. The van der Waals surface area contributed by atoms with Crippen molar-refractivity contribution >= 4 is 17.9 Å².